The van der Waals surface area contributed by atoms with Gasteiger partial charge >= 0.3 is 0 Å². The van der Waals surface area contributed by atoms with Crippen molar-refractivity contribution in [2.75, 3.05) is 30.3 Å². The first kappa shape index (κ1) is 22.7. The summed E-state index contributed by atoms with van der Waals surface area (Å²) < 4.78 is 42.6. The minimum atomic E-state index is -3.69. The van der Waals surface area contributed by atoms with Crippen molar-refractivity contribution in [2.45, 2.75) is 32.9 Å². The van der Waals surface area contributed by atoms with Crippen LogP contribution < -0.4 is 23.8 Å². The molecule has 2 aromatic carbocycles. The molecule has 168 valence electrons. The lowest BCUT2D eigenvalue weighted by atomic mass is 10.1. The highest BCUT2D eigenvalue weighted by Gasteiger charge is 2.23. The Hall–Kier alpha value is -2.94. The van der Waals surface area contributed by atoms with Crippen molar-refractivity contribution in [3.05, 3.63) is 48.0 Å². The van der Waals surface area contributed by atoms with Gasteiger partial charge in [0.1, 0.15) is 25.5 Å². The van der Waals surface area contributed by atoms with E-state index in [0.29, 0.717) is 36.1 Å². The fourth-order valence-corrected chi connectivity index (χ4v) is 4.06. The number of benzene rings is 2. The number of rotatable bonds is 8. The Labute approximate surface area is 183 Å². The van der Waals surface area contributed by atoms with Crippen LogP contribution in [0, 0.1) is 0 Å². The Morgan fingerprint density at radius 3 is 2.48 bits per heavy atom. The minimum absolute atomic E-state index is 0.0583. The summed E-state index contributed by atoms with van der Waals surface area (Å²) in [6.07, 6.45) is 1.01. The first-order valence-electron chi connectivity index (χ1n) is 10.1. The van der Waals surface area contributed by atoms with Gasteiger partial charge in [-0.3, -0.25) is 9.10 Å². The Bertz CT molecular complexity index is 1040. The third-order valence-corrected chi connectivity index (χ3v) is 5.75. The maximum atomic E-state index is 12.7. The molecule has 0 saturated heterocycles. The maximum Gasteiger partial charge on any atom is 0.241 e. The summed E-state index contributed by atoms with van der Waals surface area (Å²) in [6, 6.07) is 11.8. The minimum Gasteiger partial charge on any atom is -0.491 e. The second-order valence-electron chi connectivity index (χ2n) is 7.63. The lowest BCUT2D eigenvalue weighted by molar-refractivity contribution is -0.120. The van der Waals surface area contributed by atoms with E-state index in [9.17, 15) is 13.2 Å². The molecule has 0 bridgehead atoms. The van der Waals surface area contributed by atoms with Crippen molar-refractivity contribution in [3.63, 3.8) is 0 Å². The third kappa shape index (κ3) is 6.04. The van der Waals surface area contributed by atoms with Crippen molar-refractivity contribution in [1.82, 2.24) is 5.32 Å². The number of carbonyl (C=O) groups excluding carboxylic acids is 1. The highest BCUT2D eigenvalue weighted by molar-refractivity contribution is 7.92. The molecule has 1 aliphatic rings. The molecule has 0 fully saturated rings. The molecule has 1 heterocycles. The monoisotopic (exact) mass is 448 g/mol. The highest BCUT2D eigenvalue weighted by atomic mass is 32.2. The van der Waals surface area contributed by atoms with Gasteiger partial charge in [0.15, 0.2) is 11.5 Å². The van der Waals surface area contributed by atoms with Crippen molar-refractivity contribution in [3.8, 4) is 17.2 Å². The summed E-state index contributed by atoms with van der Waals surface area (Å²) in [5.74, 6) is 1.40. The van der Waals surface area contributed by atoms with E-state index >= 15 is 0 Å². The van der Waals surface area contributed by atoms with Crippen LogP contribution in [0.25, 0.3) is 0 Å². The number of hydrogen-bond donors (Lipinski definition) is 1. The molecule has 1 amide bonds. The van der Waals surface area contributed by atoms with Crippen molar-refractivity contribution >= 4 is 21.6 Å². The summed E-state index contributed by atoms with van der Waals surface area (Å²) in [7, 11) is -3.69. The van der Waals surface area contributed by atoms with Gasteiger partial charge in [-0.1, -0.05) is 12.1 Å². The van der Waals surface area contributed by atoms with E-state index in [1.807, 2.05) is 32.9 Å². The first-order valence-corrected chi connectivity index (χ1v) is 11.9. The highest BCUT2D eigenvalue weighted by Crippen LogP contribution is 2.32. The Kier molecular flexibility index (Phi) is 6.94. The van der Waals surface area contributed by atoms with Crippen LogP contribution in [0.1, 0.15) is 32.4 Å². The Morgan fingerprint density at radius 1 is 1.10 bits per heavy atom. The summed E-state index contributed by atoms with van der Waals surface area (Å²) in [6.45, 7) is 6.22. The molecule has 0 radical (unpaired) electrons. The van der Waals surface area contributed by atoms with E-state index < -0.39 is 15.9 Å². The second kappa shape index (κ2) is 9.47. The topological polar surface area (TPSA) is 94.2 Å². The summed E-state index contributed by atoms with van der Waals surface area (Å²) in [4.78, 5) is 12.7. The van der Waals surface area contributed by atoms with Crippen LogP contribution in [0.2, 0.25) is 0 Å². The molecule has 0 unspecified atom stereocenters. The van der Waals surface area contributed by atoms with Crippen molar-refractivity contribution in [2.24, 2.45) is 0 Å². The average molecular weight is 449 g/mol. The molecule has 0 aliphatic carbocycles. The Balaban J connectivity index is 1.73. The molecule has 1 aliphatic heterocycles. The fourth-order valence-electron chi connectivity index (χ4n) is 3.21. The van der Waals surface area contributed by atoms with Gasteiger partial charge in [-0.2, -0.15) is 0 Å². The van der Waals surface area contributed by atoms with Crippen LogP contribution in [0.15, 0.2) is 42.5 Å². The quantitative estimate of drug-likeness (QED) is 0.667. The van der Waals surface area contributed by atoms with Crippen LogP contribution in [0.5, 0.6) is 17.2 Å². The number of carbonyl (C=O) groups is 1. The van der Waals surface area contributed by atoms with Gasteiger partial charge in [0, 0.05) is 6.07 Å². The van der Waals surface area contributed by atoms with Gasteiger partial charge in [-0.25, -0.2) is 8.42 Å². The van der Waals surface area contributed by atoms with Gasteiger partial charge in [0.2, 0.25) is 15.9 Å². The number of nitrogens with zero attached hydrogens (tertiary/aromatic N) is 1. The summed E-state index contributed by atoms with van der Waals surface area (Å²) in [5.41, 5.74) is 1.19. The number of hydrogen-bond acceptors (Lipinski definition) is 6. The third-order valence-electron chi connectivity index (χ3n) is 4.61. The van der Waals surface area contributed by atoms with E-state index in [-0.39, 0.29) is 18.7 Å². The lowest BCUT2D eigenvalue weighted by Crippen LogP contribution is -2.41. The van der Waals surface area contributed by atoms with Crippen molar-refractivity contribution < 1.29 is 27.4 Å². The van der Waals surface area contributed by atoms with Crippen molar-refractivity contribution in [1.29, 1.82) is 0 Å². The molecule has 1 atom stereocenters. The number of fused-ring (bicyclic) bond motifs is 1. The molecule has 9 heteroatoms. The second-order valence-corrected chi connectivity index (χ2v) is 9.53. The van der Waals surface area contributed by atoms with Gasteiger partial charge in [-0.05, 0) is 50.6 Å². The van der Waals surface area contributed by atoms with Gasteiger partial charge in [0.05, 0.1) is 24.1 Å². The zero-order valence-corrected chi connectivity index (χ0v) is 18.9. The van der Waals surface area contributed by atoms with Crippen LogP contribution in [0.4, 0.5) is 5.69 Å². The molecule has 3 rings (SSSR count). The molecule has 8 nitrogen and oxygen atoms in total. The number of anilines is 1. The zero-order chi connectivity index (χ0) is 22.6. The maximum absolute atomic E-state index is 12.7. The lowest BCUT2D eigenvalue weighted by Gasteiger charge is -2.24. The summed E-state index contributed by atoms with van der Waals surface area (Å²) in [5, 5.41) is 2.85. The molecule has 0 aromatic heterocycles. The summed E-state index contributed by atoms with van der Waals surface area (Å²) >= 11 is 0. The van der Waals surface area contributed by atoms with Gasteiger partial charge in [-0.15, -0.1) is 0 Å². The van der Waals surface area contributed by atoms with E-state index in [0.717, 1.165) is 16.1 Å². The largest absolute Gasteiger partial charge is 0.491 e. The SMILES string of the molecule is CC(C)Oc1cccc(N(CC(=O)N[C@@H](C)c2ccc3c(c2)OCCO3)S(C)(=O)=O)c1. The standard InChI is InChI=1S/C22H28N2O6S/c1-15(2)30-19-7-5-6-18(13-19)24(31(4,26)27)14-22(25)23-16(3)17-8-9-20-21(12-17)29-11-10-28-20/h5-9,12-13,15-16H,10-11,14H2,1-4H3,(H,23,25)/t16-/m0/s1. The molecule has 31 heavy (non-hydrogen) atoms. The van der Waals surface area contributed by atoms with Gasteiger partial charge < -0.3 is 19.5 Å². The van der Waals surface area contributed by atoms with E-state index in [2.05, 4.69) is 5.32 Å². The predicted octanol–water partition coefficient (Wildman–Crippen LogP) is 2.89. The molecular weight excluding hydrogens is 420 g/mol. The molecule has 2 aromatic rings. The number of ether oxygens (including phenoxy) is 3. The van der Waals surface area contributed by atoms with Crippen LogP contribution >= 0.6 is 0 Å². The van der Waals surface area contributed by atoms with Crippen LogP contribution in [-0.4, -0.2) is 46.4 Å². The van der Waals surface area contributed by atoms with E-state index in [1.54, 1.807) is 30.3 Å². The molecular formula is C22H28N2O6S. The van der Waals surface area contributed by atoms with Crippen LogP contribution in [0.3, 0.4) is 0 Å². The van der Waals surface area contributed by atoms with Crippen LogP contribution in [-0.2, 0) is 14.8 Å². The molecule has 1 N–H and O–H groups in total. The van der Waals surface area contributed by atoms with E-state index in [1.165, 1.54) is 0 Å². The smallest absolute Gasteiger partial charge is 0.241 e. The fraction of sp³-hybridized carbons (Fsp3) is 0.409. The zero-order valence-electron chi connectivity index (χ0n) is 18.1. The number of sulfonamides is 1. The first-order chi connectivity index (χ1) is 14.6. The van der Waals surface area contributed by atoms with E-state index in [4.69, 9.17) is 14.2 Å². The molecule has 0 spiro atoms. The normalized spacial score (nSPS) is 14.1. The predicted molar refractivity (Wildman–Crippen MR) is 118 cm³/mol. The Morgan fingerprint density at radius 2 is 1.81 bits per heavy atom. The number of amides is 1. The number of nitrogens with one attached hydrogen (secondary N) is 1. The molecule has 0 saturated carbocycles. The van der Waals surface area contributed by atoms with Gasteiger partial charge in [0.25, 0.3) is 0 Å². The average Bonchev–Trinajstić information content (AvgIpc) is 2.70.